The highest BCUT2D eigenvalue weighted by atomic mass is 32.2. The molecule has 0 fully saturated rings. The van der Waals surface area contributed by atoms with Crippen LogP contribution in [0.25, 0.3) is 11.4 Å². The number of Topliss-reactive ketones (excluding diaryl/α,β-unsaturated/α-hetero) is 1. The molecule has 0 bridgehead atoms. The van der Waals surface area contributed by atoms with E-state index in [1.165, 1.54) is 17.3 Å². The van der Waals surface area contributed by atoms with Crippen molar-refractivity contribution in [3.63, 3.8) is 0 Å². The molecule has 0 amide bonds. The average molecular weight is 289 g/mol. The number of benzene rings is 1. The van der Waals surface area contributed by atoms with Gasteiger partial charge in [0.2, 0.25) is 0 Å². The first-order valence-corrected chi connectivity index (χ1v) is 7.50. The number of aromatic amines is 1. The largest absolute Gasteiger partial charge is 0.316 e. The van der Waals surface area contributed by atoms with Gasteiger partial charge < -0.3 is 4.98 Å². The van der Waals surface area contributed by atoms with Crippen LogP contribution < -0.4 is 0 Å². The third kappa shape index (κ3) is 3.70. The zero-order chi connectivity index (χ0) is 14.8. The van der Waals surface area contributed by atoms with Gasteiger partial charge in [-0.15, -0.1) is 10.2 Å². The first-order valence-electron chi connectivity index (χ1n) is 6.52. The molecule has 4 nitrogen and oxygen atoms in total. The highest BCUT2D eigenvalue weighted by Crippen LogP contribution is 2.23. The smallest absolute Gasteiger partial charge is 0.189 e. The topological polar surface area (TPSA) is 58.6 Å². The van der Waals surface area contributed by atoms with Crippen LogP contribution in [0.3, 0.4) is 0 Å². The number of hydrogen-bond acceptors (Lipinski definition) is 4. The van der Waals surface area contributed by atoms with Crippen molar-refractivity contribution in [1.82, 2.24) is 15.2 Å². The van der Waals surface area contributed by atoms with Gasteiger partial charge in [-0.05, 0) is 6.92 Å². The molecule has 0 atom stereocenters. The van der Waals surface area contributed by atoms with Crippen LogP contribution in [-0.2, 0) is 4.79 Å². The third-order valence-corrected chi connectivity index (χ3v) is 3.83. The van der Waals surface area contributed by atoms with Crippen molar-refractivity contribution < 1.29 is 4.79 Å². The van der Waals surface area contributed by atoms with Gasteiger partial charge in [-0.2, -0.15) is 0 Å². The van der Waals surface area contributed by atoms with E-state index in [-0.39, 0.29) is 11.2 Å². The van der Waals surface area contributed by atoms with E-state index in [9.17, 15) is 4.79 Å². The summed E-state index contributed by atoms with van der Waals surface area (Å²) < 4.78 is 0. The summed E-state index contributed by atoms with van der Waals surface area (Å²) in [6, 6.07) is 8.08. The van der Waals surface area contributed by atoms with E-state index in [0.29, 0.717) is 10.9 Å². The fraction of sp³-hybridized carbons (Fsp3) is 0.400. The van der Waals surface area contributed by atoms with E-state index < -0.39 is 0 Å². The number of carbonyl (C=O) groups is 1. The number of hydrogen-bond donors (Lipinski definition) is 1. The lowest BCUT2D eigenvalue weighted by atomic mass is 9.92. The molecule has 5 heteroatoms. The maximum atomic E-state index is 11.9. The monoisotopic (exact) mass is 289 g/mol. The second-order valence-corrected chi connectivity index (χ2v) is 6.77. The number of aryl methyl sites for hydroxylation is 1. The van der Waals surface area contributed by atoms with Crippen LogP contribution in [0.5, 0.6) is 0 Å². The second kappa shape index (κ2) is 5.79. The van der Waals surface area contributed by atoms with Crippen LogP contribution in [0.4, 0.5) is 0 Å². The lowest BCUT2D eigenvalue weighted by molar-refractivity contribution is -0.123. The Kier molecular flexibility index (Phi) is 4.28. The first-order chi connectivity index (χ1) is 9.36. The lowest BCUT2D eigenvalue weighted by Crippen LogP contribution is -2.22. The molecule has 0 unspecified atom stereocenters. The highest BCUT2D eigenvalue weighted by Gasteiger charge is 2.21. The molecule has 1 aromatic heterocycles. The molecule has 0 aliphatic carbocycles. The molecule has 20 heavy (non-hydrogen) atoms. The van der Waals surface area contributed by atoms with Crippen LogP contribution >= 0.6 is 11.8 Å². The molecule has 0 saturated carbocycles. The van der Waals surface area contributed by atoms with E-state index in [4.69, 9.17) is 0 Å². The molecule has 0 radical (unpaired) electrons. The Labute approximate surface area is 123 Å². The zero-order valence-electron chi connectivity index (χ0n) is 12.2. The number of nitrogens with zero attached hydrogens (tertiary/aromatic N) is 2. The molecular formula is C15H19N3OS. The highest BCUT2D eigenvalue weighted by molar-refractivity contribution is 7.99. The first kappa shape index (κ1) is 14.8. The van der Waals surface area contributed by atoms with Crippen molar-refractivity contribution >= 4 is 17.5 Å². The van der Waals surface area contributed by atoms with Crippen molar-refractivity contribution in [2.75, 3.05) is 5.75 Å². The summed E-state index contributed by atoms with van der Waals surface area (Å²) in [6.07, 6.45) is 0. The molecular weight excluding hydrogens is 270 g/mol. The summed E-state index contributed by atoms with van der Waals surface area (Å²) in [5.74, 6) is 1.35. The van der Waals surface area contributed by atoms with E-state index in [0.717, 1.165) is 11.4 Å². The molecule has 1 aromatic carbocycles. The molecule has 106 valence electrons. The van der Waals surface area contributed by atoms with Gasteiger partial charge in [0, 0.05) is 11.0 Å². The van der Waals surface area contributed by atoms with Crippen LogP contribution in [0.1, 0.15) is 26.3 Å². The molecule has 0 aliphatic heterocycles. The summed E-state index contributed by atoms with van der Waals surface area (Å²) >= 11 is 1.40. The molecule has 0 saturated heterocycles. The maximum Gasteiger partial charge on any atom is 0.189 e. The van der Waals surface area contributed by atoms with E-state index >= 15 is 0 Å². The normalized spacial score (nSPS) is 11.6. The predicted octanol–water partition coefficient (Wildman–Crippen LogP) is 3.49. The van der Waals surface area contributed by atoms with Gasteiger partial charge in [0.25, 0.3) is 0 Å². The van der Waals surface area contributed by atoms with Crippen LogP contribution in [0, 0.1) is 12.3 Å². The Balaban J connectivity index is 2.03. The molecule has 2 aromatic rings. The van der Waals surface area contributed by atoms with E-state index in [1.54, 1.807) is 0 Å². The number of ketones is 1. The fourth-order valence-electron chi connectivity index (χ4n) is 1.50. The van der Waals surface area contributed by atoms with Gasteiger partial charge in [0.1, 0.15) is 5.78 Å². The van der Waals surface area contributed by atoms with Crippen LogP contribution in [-0.4, -0.2) is 26.7 Å². The summed E-state index contributed by atoms with van der Waals surface area (Å²) in [6.45, 7) is 7.82. The van der Waals surface area contributed by atoms with Crippen molar-refractivity contribution in [2.24, 2.45) is 5.41 Å². The third-order valence-electron chi connectivity index (χ3n) is 2.97. The Hall–Kier alpha value is -1.62. The minimum absolute atomic E-state index is 0.204. The zero-order valence-corrected chi connectivity index (χ0v) is 13.0. The van der Waals surface area contributed by atoms with Gasteiger partial charge in [-0.25, -0.2) is 0 Å². The summed E-state index contributed by atoms with van der Waals surface area (Å²) in [5.41, 5.74) is 1.89. The van der Waals surface area contributed by atoms with Gasteiger partial charge in [-0.1, -0.05) is 62.4 Å². The SMILES string of the molecule is Cc1ccc(-c2nnc(SCC(=O)C(C)(C)C)[nH]2)cc1. The van der Waals surface area contributed by atoms with Gasteiger partial charge >= 0.3 is 0 Å². The molecule has 1 heterocycles. The number of thioether (sulfide) groups is 1. The minimum atomic E-state index is -0.313. The standard InChI is InChI=1S/C15H19N3OS/c1-10-5-7-11(8-6-10)13-16-14(18-17-13)20-9-12(19)15(2,3)4/h5-8H,9H2,1-4H3,(H,16,17,18). The molecule has 0 aliphatic rings. The number of rotatable bonds is 4. The Morgan fingerprint density at radius 1 is 1.20 bits per heavy atom. The van der Waals surface area contributed by atoms with Crippen molar-refractivity contribution in [3.05, 3.63) is 29.8 Å². The molecule has 1 N–H and O–H groups in total. The number of carbonyl (C=O) groups excluding carboxylic acids is 1. The Bertz CT molecular complexity index is 596. The lowest BCUT2D eigenvalue weighted by Gasteiger charge is -2.15. The van der Waals surface area contributed by atoms with Crippen molar-refractivity contribution in [1.29, 1.82) is 0 Å². The van der Waals surface area contributed by atoms with Gasteiger partial charge in [-0.3, -0.25) is 4.79 Å². The quantitative estimate of drug-likeness (QED) is 0.875. The number of H-pyrrole nitrogens is 1. The second-order valence-electron chi connectivity index (χ2n) is 5.81. The Morgan fingerprint density at radius 3 is 2.45 bits per heavy atom. The van der Waals surface area contributed by atoms with E-state index in [2.05, 4.69) is 15.2 Å². The molecule has 0 spiro atoms. The van der Waals surface area contributed by atoms with E-state index in [1.807, 2.05) is 52.0 Å². The predicted molar refractivity (Wildman–Crippen MR) is 81.7 cm³/mol. The summed E-state index contributed by atoms with van der Waals surface area (Å²) in [7, 11) is 0. The van der Waals surface area contributed by atoms with Crippen LogP contribution in [0.2, 0.25) is 0 Å². The summed E-state index contributed by atoms with van der Waals surface area (Å²) in [5, 5.41) is 8.87. The maximum absolute atomic E-state index is 11.9. The summed E-state index contributed by atoms with van der Waals surface area (Å²) in [4.78, 5) is 15.0. The Morgan fingerprint density at radius 2 is 1.85 bits per heavy atom. The van der Waals surface area contributed by atoms with Gasteiger partial charge in [0.05, 0.1) is 5.75 Å². The fourth-order valence-corrected chi connectivity index (χ4v) is 2.47. The van der Waals surface area contributed by atoms with Crippen LogP contribution in [0.15, 0.2) is 29.4 Å². The average Bonchev–Trinajstić information content (AvgIpc) is 2.84. The number of nitrogens with one attached hydrogen (secondary N) is 1. The van der Waals surface area contributed by atoms with Gasteiger partial charge in [0.15, 0.2) is 11.0 Å². The van der Waals surface area contributed by atoms with Crippen molar-refractivity contribution in [2.45, 2.75) is 32.9 Å². The number of aromatic nitrogens is 3. The minimum Gasteiger partial charge on any atom is -0.316 e. The van der Waals surface area contributed by atoms with Crippen molar-refractivity contribution in [3.8, 4) is 11.4 Å². The molecule has 2 rings (SSSR count).